The van der Waals surface area contributed by atoms with Crippen molar-refractivity contribution in [2.75, 3.05) is 26.4 Å². The molecule has 3 rings (SSSR count). The molecular formula is C15H21NO3. The number of ether oxygens (including phenoxy) is 3. The van der Waals surface area contributed by atoms with Gasteiger partial charge in [-0.3, -0.25) is 0 Å². The number of nitrogens with one attached hydrogen (secondary N) is 1. The second-order valence-corrected chi connectivity index (χ2v) is 5.10. The summed E-state index contributed by atoms with van der Waals surface area (Å²) in [6, 6.07) is 6.79. The quantitative estimate of drug-likeness (QED) is 0.906. The van der Waals surface area contributed by atoms with Gasteiger partial charge in [0.1, 0.15) is 0 Å². The number of hydrogen-bond donors (Lipinski definition) is 1. The summed E-state index contributed by atoms with van der Waals surface area (Å²) in [6.07, 6.45) is 3.15. The summed E-state index contributed by atoms with van der Waals surface area (Å²) >= 11 is 0. The monoisotopic (exact) mass is 263 g/mol. The van der Waals surface area contributed by atoms with Crippen molar-refractivity contribution in [3.8, 4) is 11.5 Å². The maximum Gasteiger partial charge on any atom is 0.161 e. The van der Waals surface area contributed by atoms with Crippen molar-refractivity contribution in [1.29, 1.82) is 0 Å². The van der Waals surface area contributed by atoms with Gasteiger partial charge < -0.3 is 19.5 Å². The minimum Gasteiger partial charge on any atom is -0.490 e. The zero-order chi connectivity index (χ0) is 12.9. The molecule has 1 fully saturated rings. The summed E-state index contributed by atoms with van der Waals surface area (Å²) in [5.41, 5.74) is 1.25. The van der Waals surface area contributed by atoms with E-state index >= 15 is 0 Å². The molecule has 4 heteroatoms. The fourth-order valence-corrected chi connectivity index (χ4v) is 2.48. The second-order valence-electron chi connectivity index (χ2n) is 5.10. The molecule has 0 saturated carbocycles. The van der Waals surface area contributed by atoms with Gasteiger partial charge in [0, 0.05) is 32.2 Å². The predicted octanol–water partition coefficient (Wildman–Crippen LogP) is 2.12. The first-order valence-electron chi connectivity index (χ1n) is 7.11. The smallest absolute Gasteiger partial charge is 0.161 e. The van der Waals surface area contributed by atoms with E-state index in [-0.39, 0.29) is 0 Å². The van der Waals surface area contributed by atoms with Crippen molar-refractivity contribution in [2.45, 2.75) is 31.8 Å². The lowest BCUT2D eigenvalue weighted by Crippen LogP contribution is -2.34. The number of fused-ring (bicyclic) bond motifs is 1. The SMILES string of the molecule is c1cc2c(cc1CNC1CCOCC1)OCCCO2. The molecular weight excluding hydrogens is 242 g/mol. The van der Waals surface area contributed by atoms with E-state index in [1.54, 1.807) is 0 Å². The van der Waals surface area contributed by atoms with Gasteiger partial charge in [0.05, 0.1) is 13.2 Å². The number of hydrogen-bond acceptors (Lipinski definition) is 4. The van der Waals surface area contributed by atoms with Crippen LogP contribution < -0.4 is 14.8 Å². The Balaban J connectivity index is 1.60. The van der Waals surface area contributed by atoms with Gasteiger partial charge >= 0.3 is 0 Å². The molecule has 0 radical (unpaired) electrons. The molecule has 4 nitrogen and oxygen atoms in total. The molecule has 0 aliphatic carbocycles. The van der Waals surface area contributed by atoms with Gasteiger partial charge in [-0.15, -0.1) is 0 Å². The van der Waals surface area contributed by atoms with E-state index in [0.29, 0.717) is 6.04 Å². The Morgan fingerprint density at radius 3 is 2.63 bits per heavy atom. The lowest BCUT2D eigenvalue weighted by Gasteiger charge is -2.23. The molecule has 1 saturated heterocycles. The van der Waals surface area contributed by atoms with Crippen LogP contribution in [0.2, 0.25) is 0 Å². The molecule has 104 valence electrons. The average Bonchev–Trinajstić information content (AvgIpc) is 2.71. The van der Waals surface area contributed by atoms with Gasteiger partial charge in [0.2, 0.25) is 0 Å². The van der Waals surface area contributed by atoms with E-state index < -0.39 is 0 Å². The van der Waals surface area contributed by atoms with E-state index in [0.717, 1.165) is 63.7 Å². The van der Waals surface area contributed by atoms with Crippen molar-refractivity contribution >= 4 is 0 Å². The van der Waals surface area contributed by atoms with E-state index in [1.807, 2.05) is 6.07 Å². The third kappa shape index (κ3) is 3.39. The minimum absolute atomic E-state index is 0.574. The van der Waals surface area contributed by atoms with Crippen molar-refractivity contribution in [3.05, 3.63) is 23.8 Å². The molecule has 2 aliphatic heterocycles. The first kappa shape index (κ1) is 12.8. The van der Waals surface area contributed by atoms with Gasteiger partial charge in [0.25, 0.3) is 0 Å². The molecule has 0 aromatic heterocycles. The van der Waals surface area contributed by atoms with Crippen molar-refractivity contribution in [1.82, 2.24) is 5.32 Å². The third-order valence-electron chi connectivity index (χ3n) is 3.63. The van der Waals surface area contributed by atoms with Crippen molar-refractivity contribution in [3.63, 3.8) is 0 Å². The van der Waals surface area contributed by atoms with Crippen LogP contribution in [0.15, 0.2) is 18.2 Å². The number of benzene rings is 1. The Hall–Kier alpha value is -1.26. The van der Waals surface area contributed by atoms with E-state index in [9.17, 15) is 0 Å². The summed E-state index contributed by atoms with van der Waals surface area (Å²) in [5, 5.41) is 3.58. The lowest BCUT2D eigenvalue weighted by atomic mass is 10.1. The highest BCUT2D eigenvalue weighted by Gasteiger charge is 2.14. The second kappa shape index (κ2) is 6.26. The van der Waals surface area contributed by atoms with Gasteiger partial charge in [-0.1, -0.05) is 6.07 Å². The standard InChI is InChI=1S/C15H21NO3/c1-6-18-14-3-2-12(10-15(14)19-7-1)11-16-13-4-8-17-9-5-13/h2-3,10,13,16H,1,4-9,11H2. The summed E-state index contributed by atoms with van der Waals surface area (Å²) in [6.45, 7) is 4.11. The van der Waals surface area contributed by atoms with Crippen LogP contribution in [0.25, 0.3) is 0 Å². The van der Waals surface area contributed by atoms with Crippen LogP contribution >= 0.6 is 0 Å². The van der Waals surface area contributed by atoms with Crippen LogP contribution in [0.3, 0.4) is 0 Å². The molecule has 0 spiro atoms. The largest absolute Gasteiger partial charge is 0.490 e. The Morgan fingerprint density at radius 1 is 1.00 bits per heavy atom. The van der Waals surface area contributed by atoms with Gasteiger partial charge in [-0.2, -0.15) is 0 Å². The normalized spacial score (nSPS) is 20.0. The third-order valence-corrected chi connectivity index (χ3v) is 3.63. The zero-order valence-electron chi connectivity index (χ0n) is 11.2. The molecule has 19 heavy (non-hydrogen) atoms. The molecule has 1 N–H and O–H groups in total. The highest BCUT2D eigenvalue weighted by Crippen LogP contribution is 2.30. The summed E-state index contributed by atoms with van der Waals surface area (Å²) in [7, 11) is 0. The van der Waals surface area contributed by atoms with E-state index in [2.05, 4.69) is 17.4 Å². The Morgan fingerprint density at radius 2 is 1.79 bits per heavy atom. The molecule has 1 aromatic carbocycles. The first-order chi connectivity index (χ1) is 9.42. The average molecular weight is 263 g/mol. The highest BCUT2D eigenvalue weighted by atomic mass is 16.5. The molecule has 1 aromatic rings. The lowest BCUT2D eigenvalue weighted by molar-refractivity contribution is 0.0776. The van der Waals surface area contributed by atoms with Crippen LogP contribution in [-0.4, -0.2) is 32.5 Å². The summed E-state index contributed by atoms with van der Waals surface area (Å²) < 4.78 is 16.7. The molecule has 2 heterocycles. The predicted molar refractivity (Wildman–Crippen MR) is 72.7 cm³/mol. The molecule has 0 amide bonds. The molecule has 0 unspecified atom stereocenters. The number of rotatable bonds is 3. The highest BCUT2D eigenvalue weighted by molar-refractivity contribution is 5.43. The molecule has 2 aliphatic rings. The van der Waals surface area contributed by atoms with Crippen LogP contribution in [0.5, 0.6) is 11.5 Å². The Kier molecular flexibility index (Phi) is 4.20. The summed E-state index contributed by atoms with van der Waals surface area (Å²) in [5.74, 6) is 1.75. The zero-order valence-corrected chi connectivity index (χ0v) is 11.2. The van der Waals surface area contributed by atoms with Crippen molar-refractivity contribution in [2.24, 2.45) is 0 Å². The van der Waals surface area contributed by atoms with E-state index in [1.165, 1.54) is 5.56 Å². The maximum absolute atomic E-state index is 5.71. The molecule has 0 atom stereocenters. The van der Waals surface area contributed by atoms with Crippen molar-refractivity contribution < 1.29 is 14.2 Å². The van der Waals surface area contributed by atoms with E-state index in [4.69, 9.17) is 14.2 Å². The fraction of sp³-hybridized carbons (Fsp3) is 0.600. The molecule has 0 bridgehead atoms. The minimum atomic E-state index is 0.574. The Bertz CT molecular complexity index is 416. The van der Waals surface area contributed by atoms with Gasteiger partial charge in [-0.05, 0) is 30.5 Å². The fourth-order valence-electron chi connectivity index (χ4n) is 2.48. The Labute approximate surface area is 114 Å². The first-order valence-corrected chi connectivity index (χ1v) is 7.11. The van der Waals surface area contributed by atoms with Gasteiger partial charge in [0.15, 0.2) is 11.5 Å². The van der Waals surface area contributed by atoms with Gasteiger partial charge in [-0.25, -0.2) is 0 Å². The van der Waals surface area contributed by atoms with Crippen LogP contribution in [0.1, 0.15) is 24.8 Å². The topological polar surface area (TPSA) is 39.7 Å². The van der Waals surface area contributed by atoms with Crippen LogP contribution in [0, 0.1) is 0 Å². The van der Waals surface area contributed by atoms with Crippen LogP contribution in [0.4, 0.5) is 0 Å². The maximum atomic E-state index is 5.71. The van der Waals surface area contributed by atoms with Crippen LogP contribution in [-0.2, 0) is 11.3 Å². The summed E-state index contributed by atoms with van der Waals surface area (Å²) in [4.78, 5) is 0.